The molecule has 0 saturated carbocycles. The van der Waals surface area contributed by atoms with E-state index in [9.17, 15) is 32.7 Å². The molecule has 12 heteroatoms. The zero-order chi connectivity index (χ0) is 29.2. The number of hydrogen-bond acceptors (Lipinski definition) is 6. The van der Waals surface area contributed by atoms with E-state index in [2.05, 4.69) is 15.4 Å². The predicted molar refractivity (Wildman–Crippen MR) is 135 cm³/mol. The fraction of sp³-hybridized carbons (Fsp3) is 0.444. The topological polar surface area (TPSA) is 134 Å². The average Bonchev–Trinajstić information content (AvgIpc) is 2.85. The van der Waals surface area contributed by atoms with E-state index in [1.165, 1.54) is 13.2 Å². The van der Waals surface area contributed by atoms with E-state index in [1.807, 2.05) is 6.07 Å². The lowest BCUT2D eigenvalue weighted by atomic mass is 9.96. The standard InChI is InChI=1S/C27H33F3N2O7/c1-16(2)25(32-23(34)15-18-14-19(39-27(28,29)30)9-11-22(18)38-3)26(37)31-20(21(33)10-12-24(35)36)13-17-7-5-4-6-8-17/h4-9,11,14,16,20-21,25,33H,10,12-13,15H2,1-3H3,(H,31,37)(H,32,34)(H,35,36). The van der Waals surface area contributed by atoms with Gasteiger partial charge in [0.1, 0.15) is 17.5 Å². The van der Waals surface area contributed by atoms with Crippen LogP contribution in [-0.4, -0.2) is 59.7 Å². The molecule has 2 amide bonds. The van der Waals surface area contributed by atoms with Crippen LogP contribution in [0.2, 0.25) is 0 Å². The van der Waals surface area contributed by atoms with Crippen molar-refractivity contribution < 1.29 is 47.2 Å². The second kappa shape index (κ2) is 14.4. The van der Waals surface area contributed by atoms with Crippen LogP contribution in [0.15, 0.2) is 48.5 Å². The summed E-state index contributed by atoms with van der Waals surface area (Å²) < 4.78 is 46.9. The van der Waals surface area contributed by atoms with Crippen LogP contribution in [0, 0.1) is 5.92 Å². The van der Waals surface area contributed by atoms with Crippen LogP contribution in [0.25, 0.3) is 0 Å². The fourth-order valence-corrected chi connectivity index (χ4v) is 3.92. The molecule has 3 atom stereocenters. The molecule has 0 fully saturated rings. The number of ether oxygens (including phenoxy) is 2. The predicted octanol–water partition coefficient (Wildman–Crippen LogP) is 3.23. The van der Waals surface area contributed by atoms with Gasteiger partial charge in [-0.25, -0.2) is 0 Å². The van der Waals surface area contributed by atoms with Gasteiger partial charge in [-0.3, -0.25) is 14.4 Å². The van der Waals surface area contributed by atoms with Crippen molar-refractivity contribution in [1.29, 1.82) is 0 Å². The van der Waals surface area contributed by atoms with Crippen LogP contribution in [0.4, 0.5) is 13.2 Å². The van der Waals surface area contributed by atoms with Gasteiger partial charge in [-0.2, -0.15) is 0 Å². The summed E-state index contributed by atoms with van der Waals surface area (Å²) in [6.07, 6.45) is -6.67. The molecular formula is C27H33F3N2O7. The van der Waals surface area contributed by atoms with Gasteiger partial charge >= 0.3 is 12.3 Å². The first-order valence-corrected chi connectivity index (χ1v) is 12.2. The molecule has 4 N–H and O–H groups in total. The third kappa shape index (κ3) is 10.8. The molecule has 2 aromatic rings. The number of halogens is 3. The summed E-state index contributed by atoms with van der Waals surface area (Å²) in [5.74, 6) is -3.11. The van der Waals surface area contributed by atoms with Gasteiger partial charge in [-0.05, 0) is 42.5 Å². The summed E-state index contributed by atoms with van der Waals surface area (Å²) >= 11 is 0. The number of aliphatic hydroxyl groups excluding tert-OH is 1. The molecule has 0 spiro atoms. The van der Waals surface area contributed by atoms with Crippen LogP contribution < -0.4 is 20.1 Å². The summed E-state index contributed by atoms with van der Waals surface area (Å²) in [4.78, 5) is 37.1. The van der Waals surface area contributed by atoms with Crippen molar-refractivity contribution in [3.05, 3.63) is 59.7 Å². The largest absolute Gasteiger partial charge is 0.573 e. The Morgan fingerprint density at radius 2 is 1.69 bits per heavy atom. The lowest BCUT2D eigenvalue weighted by molar-refractivity contribution is -0.274. The number of nitrogens with one attached hydrogen (secondary N) is 2. The lowest BCUT2D eigenvalue weighted by Crippen LogP contribution is -2.55. The molecule has 0 bridgehead atoms. The van der Waals surface area contributed by atoms with Crippen LogP contribution in [-0.2, 0) is 27.2 Å². The maximum absolute atomic E-state index is 13.2. The number of benzene rings is 2. The molecule has 2 aromatic carbocycles. The van der Waals surface area contributed by atoms with Crippen molar-refractivity contribution in [2.75, 3.05) is 7.11 Å². The number of alkyl halides is 3. The van der Waals surface area contributed by atoms with E-state index in [-0.39, 0.29) is 30.6 Å². The minimum atomic E-state index is -4.92. The Morgan fingerprint density at radius 1 is 1.03 bits per heavy atom. The van der Waals surface area contributed by atoms with Crippen molar-refractivity contribution in [2.45, 2.75) is 64.1 Å². The first-order valence-electron chi connectivity index (χ1n) is 12.2. The first-order chi connectivity index (χ1) is 18.3. The summed E-state index contributed by atoms with van der Waals surface area (Å²) in [6, 6.07) is 10.4. The van der Waals surface area contributed by atoms with Gasteiger partial charge < -0.3 is 30.3 Å². The normalized spacial score (nSPS) is 13.7. The zero-order valence-corrected chi connectivity index (χ0v) is 21.8. The van der Waals surface area contributed by atoms with Gasteiger partial charge in [0, 0.05) is 12.0 Å². The summed E-state index contributed by atoms with van der Waals surface area (Å²) in [7, 11) is 1.30. The average molecular weight is 555 g/mol. The molecule has 3 unspecified atom stereocenters. The molecular weight excluding hydrogens is 521 g/mol. The number of carboxylic acid groups (broad SMARTS) is 1. The Kier molecular flexibility index (Phi) is 11.6. The molecule has 39 heavy (non-hydrogen) atoms. The molecule has 0 aliphatic heterocycles. The summed E-state index contributed by atoms with van der Waals surface area (Å²) in [5, 5.41) is 25.0. The second-order valence-electron chi connectivity index (χ2n) is 9.29. The van der Waals surface area contributed by atoms with Gasteiger partial charge in [0.2, 0.25) is 11.8 Å². The summed E-state index contributed by atoms with van der Waals surface area (Å²) in [5.41, 5.74) is 0.918. The Bertz CT molecular complexity index is 1110. The van der Waals surface area contributed by atoms with E-state index < -0.39 is 60.4 Å². The van der Waals surface area contributed by atoms with E-state index >= 15 is 0 Å². The molecule has 9 nitrogen and oxygen atoms in total. The Morgan fingerprint density at radius 3 is 2.26 bits per heavy atom. The van der Waals surface area contributed by atoms with Gasteiger partial charge in [0.15, 0.2) is 0 Å². The highest BCUT2D eigenvalue weighted by Gasteiger charge is 2.32. The van der Waals surface area contributed by atoms with Crippen LogP contribution in [0.1, 0.15) is 37.8 Å². The number of methoxy groups -OCH3 is 1. The zero-order valence-electron chi connectivity index (χ0n) is 21.8. The van der Waals surface area contributed by atoms with Crippen molar-refractivity contribution >= 4 is 17.8 Å². The minimum absolute atomic E-state index is 0.0953. The van der Waals surface area contributed by atoms with Gasteiger partial charge in [0.25, 0.3) is 0 Å². The Balaban J connectivity index is 2.17. The highest BCUT2D eigenvalue weighted by atomic mass is 19.4. The van der Waals surface area contributed by atoms with Crippen molar-refractivity contribution in [2.24, 2.45) is 5.92 Å². The van der Waals surface area contributed by atoms with E-state index in [0.29, 0.717) is 0 Å². The highest BCUT2D eigenvalue weighted by molar-refractivity contribution is 5.89. The van der Waals surface area contributed by atoms with Crippen molar-refractivity contribution in [1.82, 2.24) is 10.6 Å². The summed E-state index contributed by atoms with van der Waals surface area (Å²) in [6.45, 7) is 3.38. The number of rotatable bonds is 14. The minimum Gasteiger partial charge on any atom is -0.496 e. The number of carbonyl (C=O) groups excluding carboxylic acids is 2. The maximum atomic E-state index is 13.2. The highest BCUT2D eigenvalue weighted by Crippen LogP contribution is 2.28. The first kappa shape index (κ1) is 31.4. The Hall–Kier alpha value is -3.80. The Labute approximate surface area is 224 Å². The van der Waals surface area contributed by atoms with E-state index in [0.717, 1.165) is 17.7 Å². The number of hydrogen-bond donors (Lipinski definition) is 4. The van der Waals surface area contributed by atoms with Crippen molar-refractivity contribution in [3.8, 4) is 11.5 Å². The third-order valence-corrected chi connectivity index (χ3v) is 5.85. The van der Waals surface area contributed by atoms with Gasteiger partial charge in [0.05, 0.1) is 25.7 Å². The monoisotopic (exact) mass is 554 g/mol. The van der Waals surface area contributed by atoms with Gasteiger partial charge in [-0.15, -0.1) is 13.2 Å². The number of aliphatic hydroxyl groups is 1. The molecule has 0 radical (unpaired) electrons. The van der Waals surface area contributed by atoms with Crippen molar-refractivity contribution in [3.63, 3.8) is 0 Å². The lowest BCUT2D eigenvalue weighted by Gasteiger charge is -2.28. The third-order valence-electron chi connectivity index (χ3n) is 5.85. The molecule has 2 rings (SSSR count). The van der Waals surface area contributed by atoms with Gasteiger partial charge in [-0.1, -0.05) is 44.2 Å². The molecule has 214 valence electrons. The van der Waals surface area contributed by atoms with Crippen LogP contribution >= 0.6 is 0 Å². The molecule has 0 aliphatic rings. The molecule has 0 aromatic heterocycles. The van der Waals surface area contributed by atoms with E-state index in [4.69, 9.17) is 9.84 Å². The fourth-order valence-electron chi connectivity index (χ4n) is 3.92. The van der Waals surface area contributed by atoms with Crippen LogP contribution in [0.3, 0.4) is 0 Å². The second-order valence-corrected chi connectivity index (χ2v) is 9.29. The number of carbonyl (C=O) groups is 3. The van der Waals surface area contributed by atoms with Crippen LogP contribution in [0.5, 0.6) is 11.5 Å². The number of carboxylic acids is 1. The number of aliphatic carboxylic acids is 1. The van der Waals surface area contributed by atoms with E-state index in [1.54, 1.807) is 38.1 Å². The number of amides is 2. The quantitative estimate of drug-likeness (QED) is 0.282. The molecule has 0 saturated heterocycles. The molecule has 0 heterocycles. The maximum Gasteiger partial charge on any atom is 0.573 e. The smallest absolute Gasteiger partial charge is 0.496 e. The molecule has 0 aliphatic carbocycles. The SMILES string of the molecule is COc1ccc(OC(F)(F)F)cc1CC(=O)NC(C(=O)NC(Cc1ccccc1)C(O)CCC(=O)O)C(C)C.